The van der Waals surface area contributed by atoms with Crippen LogP contribution < -0.4 is 21.7 Å². The molecule has 9 heteroatoms. The third-order valence-corrected chi connectivity index (χ3v) is 8.25. The molecule has 3 amide bonds. The van der Waals surface area contributed by atoms with E-state index >= 15 is 0 Å². The Bertz CT molecular complexity index is 1710. The zero-order valence-corrected chi connectivity index (χ0v) is 25.1. The van der Waals surface area contributed by atoms with Crippen molar-refractivity contribution in [2.24, 2.45) is 27.5 Å². The summed E-state index contributed by atoms with van der Waals surface area (Å²) in [6.45, 7) is 0.717. The van der Waals surface area contributed by atoms with E-state index in [1.54, 1.807) is 28.1 Å². The number of nitrogens with one attached hydrogen (secondary N) is 1. The highest BCUT2D eigenvalue weighted by atomic mass is 16.2. The summed E-state index contributed by atoms with van der Waals surface area (Å²) in [6.07, 6.45) is 5.32. The summed E-state index contributed by atoms with van der Waals surface area (Å²) in [5.41, 5.74) is 17.2. The number of urea groups is 1. The highest BCUT2D eigenvalue weighted by Crippen LogP contribution is 2.38. The molecule has 0 bridgehead atoms. The van der Waals surface area contributed by atoms with E-state index in [9.17, 15) is 9.59 Å². The minimum Gasteiger partial charge on any atom is -0.370 e. The average Bonchev–Trinajstić information content (AvgIpc) is 3.19. The summed E-state index contributed by atoms with van der Waals surface area (Å²) < 4.78 is 0. The van der Waals surface area contributed by atoms with Gasteiger partial charge in [-0.15, -0.1) is 0 Å². The highest BCUT2D eigenvalue weighted by Gasteiger charge is 2.34. The van der Waals surface area contributed by atoms with E-state index in [4.69, 9.17) is 16.6 Å². The van der Waals surface area contributed by atoms with Crippen LogP contribution in [-0.4, -0.2) is 28.6 Å². The Kier molecular flexibility index (Phi) is 8.86. The van der Waals surface area contributed by atoms with Gasteiger partial charge in [-0.3, -0.25) is 9.69 Å². The standard InChI is InChI=1S/C36H37N7O2/c37-35(38)40-29-17-19-30(20-18-29)43-32-21-16-28(34(44)39-23-25-10-4-1-5-11-25)22-31(32)33(27-14-8-3-9-15-27)41-42(36(43)45)24-26-12-6-2-7-13-26/h1-2,4-7,10-13,16-22,27H,3,8-9,14-15,23-24H2,(H,39,44)(H4,37,38,40). The molecule has 5 N–H and O–H groups in total. The first-order valence-electron chi connectivity index (χ1n) is 15.4. The van der Waals surface area contributed by atoms with Crippen molar-refractivity contribution in [1.82, 2.24) is 10.3 Å². The van der Waals surface area contributed by atoms with Gasteiger partial charge in [0, 0.05) is 23.6 Å². The van der Waals surface area contributed by atoms with Crippen molar-refractivity contribution in [2.75, 3.05) is 4.90 Å². The third kappa shape index (κ3) is 6.88. The number of anilines is 2. The molecular weight excluding hydrogens is 562 g/mol. The van der Waals surface area contributed by atoms with Crippen LogP contribution in [0.3, 0.4) is 0 Å². The van der Waals surface area contributed by atoms with Gasteiger partial charge in [-0.1, -0.05) is 79.9 Å². The monoisotopic (exact) mass is 599 g/mol. The maximum absolute atomic E-state index is 14.5. The minimum absolute atomic E-state index is 0.0448. The van der Waals surface area contributed by atoms with Crippen LogP contribution >= 0.6 is 0 Å². The second-order valence-electron chi connectivity index (χ2n) is 11.4. The highest BCUT2D eigenvalue weighted by molar-refractivity contribution is 6.15. The normalized spacial score (nSPS) is 15.1. The van der Waals surface area contributed by atoms with E-state index in [0.29, 0.717) is 35.7 Å². The number of rotatable bonds is 8. The Morgan fingerprint density at radius 3 is 2.18 bits per heavy atom. The number of hydrazone groups is 1. The lowest BCUT2D eigenvalue weighted by atomic mass is 9.82. The fourth-order valence-corrected chi connectivity index (χ4v) is 6.01. The zero-order chi connectivity index (χ0) is 31.2. The van der Waals surface area contributed by atoms with E-state index in [1.165, 1.54) is 6.42 Å². The number of hydrogen-bond donors (Lipinski definition) is 3. The van der Waals surface area contributed by atoms with Gasteiger partial charge in [-0.05, 0) is 66.4 Å². The van der Waals surface area contributed by atoms with Gasteiger partial charge in [-0.2, -0.15) is 5.10 Å². The quantitative estimate of drug-likeness (QED) is 0.156. The van der Waals surface area contributed by atoms with Gasteiger partial charge in [0.1, 0.15) is 0 Å². The number of amides is 3. The molecule has 4 aromatic rings. The van der Waals surface area contributed by atoms with Gasteiger partial charge >= 0.3 is 6.03 Å². The van der Waals surface area contributed by atoms with Gasteiger partial charge in [-0.25, -0.2) is 14.8 Å². The average molecular weight is 600 g/mol. The van der Waals surface area contributed by atoms with Crippen molar-refractivity contribution in [3.05, 3.63) is 125 Å². The van der Waals surface area contributed by atoms with Gasteiger partial charge in [0.2, 0.25) is 0 Å². The number of aliphatic imine (C=N–C) groups is 1. The Labute approximate surface area is 263 Å². The summed E-state index contributed by atoms with van der Waals surface area (Å²) in [4.78, 5) is 33.7. The van der Waals surface area contributed by atoms with E-state index < -0.39 is 0 Å². The Morgan fingerprint density at radius 2 is 1.51 bits per heavy atom. The number of benzene rings is 4. The Morgan fingerprint density at radius 1 is 0.844 bits per heavy atom. The molecule has 1 aliphatic carbocycles. The third-order valence-electron chi connectivity index (χ3n) is 8.25. The molecule has 0 saturated heterocycles. The fraction of sp³-hybridized carbons (Fsp3) is 0.222. The summed E-state index contributed by atoms with van der Waals surface area (Å²) in [7, 11) is 0. The lowest BCUT2D eigenvalue weighted by Crippen LogP contribution is -2.36. The smallest absolute Gasteiger partial charge is 0.349 e. The summed E-state index contributed by atoms with van der Waals surface area (Å²) in [6, 6.07) is 32.1. The largest absolute Gasteiger partial charge is 0.370 e. The number of carbonyl (C=O) groups is 2. The van der Waals surface area contributed by atoms with Crippen LogP contribution in [0.1, 0.15) is 59.2 Å². The molecule has 0 atom stereocenters. The first-order valence-corrected chi connectivity index (χ1v) is 15.4. The van der Waals surface area contributed by atoms with Crippen molar-refractivity contribution in [3.8, 4) is 0 Å². The zero-order valence-electron chi connectivity index (χ0n) is 25.1. The Balaban J connectivity index is 1.45. The van der Waals surface area contributed by atoms with Crippen LogP contribution in [-0.2, 0) is 13.1 Å². The number of hydrogen-bond acceptors (Lipinski definition) is 4. The number of nitrogens with two attached hydrogens (primary N) is 2. The van der Waals surface area contributed by atoms with Crippen molar-refractivity contribution >= 4 is 40.7 Å². The second kappa shape index (κ2) is 13.5. The van der Waals surface area contributed by atoms with E-state index in [2.05, 4.69) is 10.3 Å². The molecule has 0 radical (unpaired) electrons. The molecule has 1 saturated carbocycles. The second-order valence-corrected chi connectivity index (χ2v) is 11.4. The molecule has 6 rings (SSSR count). The maximum atomic E-state index is 14.5. The molecule has 0 aromatic heterocycles. The molecule has 228 valence electrons. The topological polar surface area (TPSA) is 129 Å². The number of fused-ring (bicyclic) bond motifs is 1. The Hall–Kier alpha value is -5.44. The SMILES string of the molecule is NC(N)=Nc1ccc(N2C(=O)N(Cc3ccccc3)N=C(C3CCCCC3)c3cc(C(=O)NCc4ccccc4)ccc32)cc1. The first-order chi connectivity index (χ1) is 22.0. The van der Waals surface area contributed by atoms with Crippen LogP contribution in [0.15, 0.2) is 113 Å². The summed E-state index contributed by atoms with van der Waals surface area (Å²) in [5, 5.41) is 9.71. The molecule has 45 heavy (non-hydrogen) atoms. The van der Waals surface area contributed by atoms with Crippen molar-refractivity contribution in [1.29, 1.82) is 0 Å². The maximum Gasteiger partial charge on any atom is 0.349 e. The predicted molar refractivity (Wildman–Crippen MR) is 179 cm³/mol. The predicted octanol–water partition coefficient (Wildman–Crippen LogP) is 6.58. The summed E-state index contributed by atoms with van der Waals surface area (Å²) >= 11 is 0. The number of nitrogens with zero attached hydrogens (tertiary/aromatic N) is 4. The van der Waals surface area contributed by atoms with Crippen LogP contribution in [0.2, 0.25) is 0 Å². The number of carbonyl (C=O) groups excluding carboxylic acids is 2. The molecule has 0 spiro atoms. The van der Waals surface area contributed by atoms with E-state index in [1.807, 2.05) is 84.9 Å². The molecule has 0 unspecified atom stereocenters. The molecule has 1 fully saturated rings. The van der Waals surface area contributed by atoms with Crippen LogP contribution in [0.4, 0.5) is 21.9 Å². The van der Waals surface area contributed by atoms with Gasteiger partial charge in [0.05, 0.1) is 29.3 Å². The molecule has 9 nitrogen and oxygen atoms in total. The molecule has 2 aliphatic rings. The van der Waals surface area contributed by atoms with Crippen LogP contribution in [0.25, 0.3) is 0 Å². The van der Waals surface area contributed by atoms with E-state index in [-0.39, 0.29) is 23.8 Å². The molecule has 1 heterocycles. The fourth-order valence-electron chi connectivity index (χ4n) is 6.01. The first kappa shape index (κ1) is 29.6. The molecule has 4 aromatic carbocycles. The van der Waals surface area contributed by atoms with Gasteiger partial charge < -0.3 is 16.8 Å². The lowest BCUT2D eigenvalue weighted by molar-refractivity contribution is 0.0951. The van der Waals surface area contributed by atoms with Gasteiger partial charge in [0.25, 0.3) is 5.91 Å². The lowest BCUT2D eigenvalue weighted by Gasteiger charge is -2.27. The van der Waals surface area contributed by atoms with Crippen LogP contribution in [0, 0.1) is 5.92 Å². The van der Waals surface area contributed by atoms with Crippen LogP contribution in [0.5, 0.6) is 0 Å². The van der Waals surface area contributed by atoms with Gasteiger partial charge in [0.15, 0.2) is 5.96 Å². The van der Waals surface area contributed by atoms with Crippen molar-refractivity contribution in [2.45, 2.75) is 45.2 Å². The number of guanidine groups is 1. The molecule has 1 aliphatic heterocycles. The molecular formula is C36H37N7O2. The minimum atomic E-state index is -0.290. The van der Waals surface area contributed by atoms with Crippen molar-refractivity contribution in [3.63, 3.8) is 0 Å². The van der Waals surface area contributed by atoms with E-state index in [0.717, 1.165) is 48.1 Å². The van der Waals surface area contributed by atoms with Crippen molar-refractivity contribution < 1.29 is 9.59 Å². The summed E-state index contributed by atoms with van der Waals surface area (Å²) in [5.74, 6) is -0.0681.